The van der Waals surface area contributed by atoms with Crippen molar-refractivity contribution >= 4 is 17.7 Å². The molecule has 2 rings (SSSR count). The second-order valence-corrected chi connectivity index (χ2v) is 6.09. The predicted octanol–water partition coefficient (Wildman–Crippen LogP) is 2.07. The Hall–Kier alpha value is -2.08. The van der Waals surface area contributed by atoms with Gasteiger partial charge in [0.05, 0.1) is 5.69 Å². The molecule has 0 bridgehead atoms. The monoisotopic (exact) mass is 292 g/mol. The summed E-state index contributed by atoms with van der Waals surface area (Å²) in [5.74, 6) is -1.07. The van der Waals surface area contributed by atoms with E-state index in [1.54, 1.807) is 23.1 Å². The maximum absolute atomic E-state index is 12.1. The average molecular weight is 292 g/mol. The van der Waals surface area contributed by atoms with Crippen LogP contribution < -0.4 is 10.6 Å². The van der Waals surface area contributed by atoms with Crippen LogP contribution in [0.5, 0.6) is 0 Å². The zero-order valence-corrected chi connectivity index (χ0v) is 12.4. The van der Waals surface area contributed by atoms with E-state index in [1.165, 1.54) is 0 Å². The van der Waals surface area contributed by atoms with E-state index in [4.69, 9.17) is 15.6 Å². The van der Waals surface area contributed by atoms with Crippen molar-refractivity contribution in [2.45, 2.75) is 38.8 Å². The van der Waals surface area contributed by atoms with Crippen LogP contribution in [-0.2, 0) is 16.0 Å². The number of carbonyl (C=O) groups is 2. The van der Waals surface area contributed by atoms with Crippen molar-refractivity contribution < 1.29 is 19.4 Å². The summed E-state index contributed by atoms with van der Waals surface area (Å²) < 4.78 is 5.36. The molecular formula is C15H20N2O4. The topological polar surface area (TPSA) is 92.9 Å². The van der Waals surface area contributed by atoms with E-state index in [0.29, 0.717) is 18.5 Å². The fraction of sp³-hybridized carbons (Fsp3) is 0.467. The first-order valence-electron chi connectivity index (χ1n) is 6.81. The molecule has 0 saturated heterocycles. The third-order valence-corrected chi connectivity index (χ3v) is 3.24. The highest BCUT2D eigenvalue weighted by atomic mass is 16.6. The zero-order chi connectivity index (χ0) is 15.8. The zero-order valence-electron chi connectivity index (χ0n) is 12.4. The second-order valence-electron chi connectivity index (χ2n) is 6.09. The Morgan fingerprint density at radius 3 is 2.62 bits per heavy atom. The Kier molecular flexibility index (Phi) is 3.91. The molecule has 1 heterocycles. The molecule has 1 unspecified atom stereocenters. The molecule has 1 aromatic rings. The van der Waals surface area contributed by atoms with Crippen LogP contribution in [0.15, 0.2) is 18.2 Å². The van der Waals surface area contributed by atoms with Gasteiger partial charge in [-0.3, -0.25) is 9.69 Å². The summed E-state index contributed by atoms with van der Waals surface area (Å²) in [6.45, 7) is 5.97. The van der Waals surface area contributed by atoms with Gasteiger partial charge >= 0.3 is 12.1 Å². The number of ether oxygens (including phenoxy) is 1. The van der Waals surface area contributed by atoms with Crippen molar-refractivity contribution in [3.8, 4) is 0 Å². The summed E-state index contributed by atoms with van der Waals surface area (Å²) in [6, 6.07) is 4.06. The van der Waals surface area contributed by atoms with Crippen LogP contribution in [0.25, 0.3) is 0 Å². The molecule has 0 aromatic heterocycles. The highest BCUT2D eigenvalue weighted by Gasteiger charge is 2.29. The number of anilines is 1. The molecular weight excluding hydrogens is 272 g/mol. The lowest BCUT2D eigenvalue weighted by Gasteiger charge is -2.24. The fourth-order valence-corrected chi connectivity index (χ4v) is 2.26. The highest BCUT2D eigenvalue weighted by molar-refractivity contribution is 5.90. The van der Waals surface area contributed by atoms with Crippen LogP contribution >= 0.6 is 0 Å². The van der Waals surface area contributed by atoms with E-state index in [-0.39, 0.29) is 0 Å². The van der Waals surface area contributed by atoms with Gasteiger partial charge in [0.25, 0.3) is 0 Å². The smallest absolute Gasteiger partial charge is 0.414 e. The summed E-state index contributed by atoms with van der Waals surface area (Å²) in [5, 5.41) is 8.94. The Morgan fingerprint density at radius 1 is 1.38 bits per heavy atom. The van der Waals surface area contributed by atoms with Crippen LogP contribution in [0, 0.1) is 0 Å². The van der Waals surface area contributed by atoms with Gasteiger partial charge in [-0.05, 0) is 44.4 Å². The van der Waals surface area contributed by atoms with E-state index in [2.05, 4.69) is 0 Å². The molecule has 1 aromatic carbocycles. The Labute approximate surface area is 123 Å². The summed E-state index contributed by atoms with van der Waals surface area (Å²) >= 11 is 0. The number of amides is 1. The van der Waals surface area contributed by atoms with Crippen LogP contribution in [0.1, 0.15) is 37.9 Å². The third kappa shape index (κ3) is 3.33. The number of carboxylic acids is 1. The molecule has 0 aliphatic carbocycles. The lowest BCUT2D eigenvalue weighted by atomic mass is 10.0. The minimum atomic E-state index is -1.07. The van der Waals surface area contributed by atoms with Gasteiger partial charge in [0.2, 0.25) is 0 Å². The van der Waals surface area contributed by atoms with Crippen molar-refractivity contribution in [2.24, 2.45) is 5.73 Å². The molecule has 114 valence electrons. The summed E-state index contributed by atoms with van der Waals surface area (Å²) in [7, 11) is 0. The van der Waals surface area contributed by atoms with Crippen molar-refractivity contribution in [2.75, 3.05) is 11.4 Å². The number of carboxylic acid groups (broad SMARTS) is 1. The number of hydrogen-bond acceptors (Lipinski definition) is 4. The molecule has 3 N–H and O–H groups in total. The standard InChI is InChI=1S/C15H20N2O4/c1-15(2,3)21-14(20)17-7-6-9-8-10(4-5-11(9)17)12(16)13(18)19/h4-5,8,12H,6-7,16H2,1-3H3,(H,18,19). The first-order chi connectivity index (χ1) is 9.69. The molecule has 1 aliphatic rings. The molecule has 0 fully saturated rings. The van der Waals surface area contributed by atoms with Gasteiger partial charge in [0.15, 0.2) is 0 Å². The van der Waals surface area contributed by atoms with Crippen LogP contribution in [0.3, 0.4) is 0 Å². The molecule has 0 radical (unpaired) electrons. The quantitative estimate of drug-likeness (QED) is 0.870. The molecule has 21 heavy (non-hydrogen) atoms. The predicted molar refractivity (Wildman–Crippen MR) is 78.3 cm³/mol. The molecule has 0 spiro atoms. The number of carbonyl (C=O) groups excluding carboxylic acids is 1. The number of nitrogens with zero attached hydrogens (tertiary/aromatic N) is 1. The average Bonchev–Trinajstić information content (AvgIpc) is 2.78. The Bertz CT molecular complexity index is 578. The van der Waals surface area contributed by atoms with Crippen molar-refractivity contribution in [1.29, 1.82) is 0 Å². The van der Waals surface area contributed by atoms with Gasteiger partial charge in [0, 0.05) is 6.54 Å². The largest absolute Gasteiger partial charge is 0.480 e. The number of hydrogen-bond donors (Lipinski definition) is 2. The van der Waals surface area contributed by atoms with Gasteiger partial charge in [-0.1, -0.05) is 12.1 Å². The SMILES string of the molecule is CC(C)(C)OC(=O)N1CCc2cc(C(N)C(=O)O)ccc21. The van der Waals surface area contributed by atoms with Gasteiger partial charge in [-0.2, -0.15) is 0 Å². The minimum absolute atomic E-state index is 0.392. The van der Waals surface area contributed by atoms with E-state index in [9.17, 15) is 9.59 Å². The molecule has 0 saturated carbocycles. The fourth-order valence-electron chi connectivity index (χ4n) is 2.26. The van der Waals surface area contributed by atoms with E-state index < -0.39 is 23.7 Å². The summed E-state index contributed by atoms with van der Waals surface area (Å²) in [6.07, 6.45) is 0.269. The second kappa shape index (κ2) is 5.37. The van der Waals surface area contributed by atoms with Gasteiger partial charge in [0.1, 0.15) is 11.6 Å². The first kappa shape index (κ1) is 15.3. The maximum Gasteiger partial charge on any atom is 0.414 e. The number of benzene rings is 1. The van der Waals surface area contributed by atoms with E-state index in [1.807, 2.05) is 20.8 Å². The van der Waals surface area contributed by atoms with Gasteiger partial charge in [-0.15, -0.1) is 0 Å². The van der Waals surface area contributed by atoms with Crippen molar-refractivity contribution in [1.82, 2.24) is 0 Å². The van der Waals surface area contributed by atoms with Crippen molar-refractivity contribution in [3.05, 3.63) is 29.3 Å². The number of rotatable bonds is 2. The molecule has 6 heteroatoms. The number of aliphatic carboxylic acids is 1. The van der Waals surface area contributed by atoms with Crippen LogP contribution in [0.2, 0.25) is 0 Å². The molecule has 1 atom stereocenters. The minimum Gasteiger partial charge on any atom is -0.480 e. The first-order valence-corrected chi connectivity index (χ1v) is 6.81. The van der Waals surface area contributed by atoms with Gasteiger partial charge in [-0.25, -0.2) is 4.79 Å². The number of nitrogens with two attached hydrogens (primary N) is 1. The Balaban J connectivity index is 2.22. The van der Waals surface area contributed by atoms with Gasteiger partial charge < -0.3 is 15.6 Å². The lowest BCUT2D eigenvalue weighted by molar-refractivity contribution is -0.138. The maximum atomic E-state index is 12.1. The Morgan fingerprint density at radius 2 is 2.05 bits per heavy atom. The molecule has 6 nitrogen and oxygen atoms in total. The normalized spacial score (nSPS) is 15.5. The van der Waals surface area contributed by atoms with E-state index in [0.717, 1.165) is 11.3 Å². The molecule has 1 aliphatic heterocycles. The summed E-state index contributed by atoms with van der Waals surface area (Å²) in [4.78, 5) is 24.6. The van der Waals surface area contributed by atoms with E-state index >= 15 is 0 Å². The van der Waals surface area contributed by atoms with Crippen LogP contribution in [-0.4, -0.2) is 29.3 Å². The third-order valence-electron chi connectivity index (χ3n) is 3.24. The number of fused-ring (bicyclic) bond motifs is 1. The lowest BCUT2D eigenvalue weighted by Crippen LogP contribution is -2.35. The summed E-state index contributed by atoms with van der Waals surface area (Å²) in [5.41, 5.74) is 7.26. The highest BCUT2D eigenvalue weighted by Crippen LogP contribution is 2.31. The molecule has 1 amide bonds. The van der Waals surface area contributed by atoms with Crippen LogP contribution in [0.4, 0.5) is 10.5 Å². The van der Waals surface area contributed by atoms with Crippen molar-refractivity contribution in [3.63, 3.8) is 0 Å².